The van der Waals surface area contributed by atoms with Gasteiger partial charge < -0.3 is 19.2 Å². The van der Waals surface area contributed by atoms with Crippen molar-refractivity contribution in [1.82, 2.24) is 19.6 Å². The third-order valence-corrected chi connectivity index (χ3v) is 4.23. The lowest BCUT2D eigenvalue weighted by Crippen LogP contribution is -2.16. The zero-order valence-corrected chi connectivity index (χ0v) is 16.1. The molecule has 3 heterocycles. The molecule has 3 aromatic heterocycles. The molecular weight excluding hydrogens is 419 g/mol. The maximum absolute atomic E-state index is 13.6. The first-order valence-electron chi connectivity index (χ1n) is 8.72. The number of furan rings is 1. The van der Waals surface area contributed by atoms with Crippen LogP contribution in [0, 0.1) is 0 Å². The molecule has 0 aliphatic rings. The summed E-state index contributed by atoms with van der Waals surface area (Å²) < 4.78 is 56.7. The number of fused-ring (bicyclic) bond motifs is 1. The Morgan fingerprint density at radius 2 is 1.94 bits per heavy atom. The van der Waals surface area contributed by atoms with Gasteiger partial charge in [-0.1, -0.05) is 0 Å². The molecule has 0 aliphatic heterocycles. The minimum absolute atomic E-state index is 0.0985. The van der Waals surface area contributed by atoms with Crippen molar-refractivity contribution in [3.05, 3.63) is 54.2 Å². The topological polar surface area (TPSA) is 104 Å². The van der Waals surface area contributed by atoms with Gasteiger partial charge in [0.1, 0.15) is 17.2 Å². The van der Waals surface area contributed by atoms with Crippen LogP contribution in [-0.2, 0) is 6.18 Å². The second-order valence-electron chi connectivity index (χ2n) is 6.17. The molecule has 0 atom stereocenters. The molecule has 0 aliphatic carbocycles. The van der Waals surface area contributed by atoms with E-state index in [1.165, 1.54) is 38.7 Å². The van der Waals surface area contributed by atoms with Crippen molar-refractivity contribution in [2.45, 2.75) is 6.18 Å². The number of hydrogen-bond donors (Lipinski definition) is 1. The number of anilines is 1. The molecule has 4 rings (SSSR count). The summed E-state index contributed by atoms with van der Waals surface area (Å²) in [5.41, 5.74) is -1.03. The molecule has 0 saturated carbocycles. The Morgan fingerprint density at radius 1 is 1.13 bits per heavy atom. The number of nitrogens with one attached hydrogen (secondary N) is 1. The number of benzene rings is 1. The minimum Gasteiger partial charge on any atom is -0.497 e. The van der Waals surface area contributed by atoms with Crippen molar-refractivity contribution in [2.24, 2.45) is 0 Å². The molecule has 0 unspecified atom stereocenters. The van der Waals surface area contributed by atoms with Crippen LogP contribution in [0.4, 0.5) is 18.9 Å². The van der Waals surface area contributed by atoms with E-state index in [1.807, 2.05) is 0 Å². The van der Waals surface area contributed by atoms with E-state index < -0.39 is 29.4 Å². The molecule has 0 bridgehead atoms. The van der Waals surface area contributed by atoms with Gasteiger partial charge in [-0.2, -0.15) is 22.7 Å². The average molecular weight is 433 g/mol. The van der Waals surface area contributed by atoms with E-state index in [-0.39, 0.29) is 17.1 Å². The zero-order chi connectivity index (χ0) is 22.2. The third-order valence-electron chi connectivity index (χ3n) is 4.23. The number of halogens is 3. The summed E-state index contributed by atoms with van der Waals surface area (Å²) in [7, 11) is 2.84. The van der Waals surface area contributed by atoms with Gasteiger partial charge in [-0.25, -0.2) is 4.98 Å². The number of hydrogen-bond acceptors (Lipinski definition) is 7. The van der Waals surface area contributed by atoms with Gasteiger partial charge in [0.2, 0.25) is 5.82 Å². The standard InChI is InChI=1S/C19H14F3N5O4/c1-29-10-5-6-13(30-2)11(8-10)23-17(28)16-25-18-24-12(14-4-3-7-31-14)9-15(19(20,21)22)27(18)26-16/h3-9H,1-2H3,(H,23,28). The lowest BCUT2D eigenvalue weighted by atomic mass is 10.2. The molecule has 0 radical (unpaired) electrons. The van der Waals surface area contributed by atoms with Gasteiger partial charge in [-0.05, 0) is 30.3 Å². The van der Waals surface area contributed by atoms with Crippen LogP contribution in [0.3, 0.4) is 0 Å². The predicted molar refractivity (Wildman–Crippen MR) is 101 cm³/mol. The Balaban J connectivity index is 1.76. The highest BCUT2D eigenvalue weighted by molar-refractivity contribution is 6.02. The molecule has 9 nitrogen and oxygen atoms in total. The summed E-state index contributed by atoms with van der Waals surface area (Å²) in [6.45, 7) is 0. The first kappa shape index (κ1) is 20.2. The molecule has 1 amide bonds. The summed E-state index contributed by atoms with van der Waals surface area (Å²) in [6.07, 6.45) is -3.47. The molecule has 0 saturated heterocycles. The number of methoxy groups -OCH3 is 2. The van der Waals surface area contributed by atoms with Crippen molar-refractivity contribution >= 4 is 17.4 Å². The molecule has 0 spiro atoms. The van der Waals surface area contributed by atoms with Crippen LogP contribution in [0.15, 0.2) is 47.1 Å². The van der Waals surface area contributed by atoms with E-state index in [2.05, 4.69) is 20.4 Å². The maximum Gasteiger partial charge on any atom is 0.433 e. The van der Waals surface area contributed by atoms with Gasteiger partial charge in [0.05, 0.1) is 26.2 Å². The normalized spacial score (nSPS) is 11.5. The van der Waals surface area contributed by atoms with Crippen LogP contribution < -0.4 is 14.8 Å². The number of nitrogens with zero attached hydrogens (tertiary/aromatic N) is 4. The van der Waals surface area contributed by atoms with E-state index >= 15 is 0 Å². The Labute approximate surface area is 172 Å². The summed E-state index contributed by atoms with van der Waals surface area (Å²) in [6, 6.07) is 8.41. The highest BCUT2D eigenvalue weighted by Crippen LogP contribution is 2.32. The summed E-state index contributed by atoms with van der Waals surface area (Å²) in [5, 5.41) is 6.21. The van der Waals surface area contributed by atoms with E-state index in [9.17, 15) is 18.0 Å². The fourth-order valence-corrected chi connectivity index (χ4v) is 2.81. The molecule has 31 heavy (non-hydrogen) atoms. The van der Waals surface area contributed by atoms with E-state index in [0.29, 0.717) is 16.0 Å². The Hall–Kier alpha value is -4.09. The third kappa shape index (κ3) is 3.86. The van der Waals surface area contributed by atoms with Gasteiger partial charge in [-0.3, -0.25) is 4.79 Å². The van der Waals surface area contributed by atoms with Gasteiger partial charge in [0.15, 0.2) is 11.5 Å². The van der Waals surface area contributed by atoms with Crippen molar-refractivity contribution in [3.8, 4) is 23.0 Å². The Bertz CT molecular complexity index is 1250. The van der Waals surface area contributed by atoms with Crippen LogP contribution in [0.1, 0.15) is 16.3 Å². The van der Waals surface area contributed by atoms with Gasteiger partial charge in [0.25, 0.3) is 11.7 Å². The molecular formula is C19H14F3N5O4. The predicted octanol–water partition coefficient (Wildman–Crippen LogP) is 3.67. The number of ether oxygens (including phenoxy) is 2. The van der Waals surface area contributed by atoms with E-state index in [0.717, 1.165) is 6.07 Å². The van der Waals surface area contributed by atoms with Crippen LogP contribution in [0.2, 0.25) is 0 Å². The highest BCUT2D eigenvalue weighted by Gasteiger charge is 2.36. The number of aromatic nitrogens is 4. The van der Waals surface area contributed by atoms with Crippen LogP contribution in [0.5, 0.6) is 11.5 Å². The second kappa shape index (κ2) is 7.63. The summed E-state index contributed by atoms with van der Waals surface area (Å²) in [5.74, 6) is -0.924. The first-order valence-corrected chi connectivity index (χ1v) is 8.72. The van der Waals surface area contributed by atoms with E-state index in [1.54, 1.807) is 12.1 Å². The largest absolute Gasteiger partial charge is 0.497 e. The summed E-state index contributed by atoms with van der Waals surface area (Å²) >= 11 is 0. The van der Waals surface area contributed by atoms with Crippen molar-refractivity contribution in [1.29, 1.82) is 0 Å². The molecule has 1 aromatic carbocycles. The van der Waals surface area contributed by atoms with Crippen molar-refractivity contribution < 1.29 is 31.9 Å². The monoisotopic (exact) mass is 433 g/mol. The molecule has 0 fully saturated rings. The number of rotatable bonds is 5. The number of carbonyl (C=O) groups is 1. The molecule has 4 aromatic rings. The van der Waals surface area contributed by atoms with Gasteiger partial charge in [0, 0.05) is 6.07 Å². The molecule has 160 valence electrons. The second-order valence-corrected chi connectivity index (χ2v) is 6.17. The minimum atomic E-state index is -4.78. The van der Waals surface area contributed by atoms with Crippen molar-refractivity contribution in [3.63, 3.8) is 0 Å². The number of carbonyl (C=O) groups excluding carboxylic acids is 1. The fraction of sp³-hybridized carbons (Fsp3) is 0.158. The Kier molecular flexibility index (Phi) is 4.97. The smallest absolute Gasteiger partial charge is 0.433 e. The van der Waals surface area contributed by atoms with Crippen molar-refractivity contribution in [2.75, 3.05) is 19.5 Å². The SMILES string of the molecule is COc1ccc(OC)c(NC(=O)c2nc3nc(-c4ccco4)cc(C(F)(F)F)n3n2)c1. The van der Waals surface area contributed by atoms with Crippen LogP contribution >= 0.6 is 0 Å². The molecule has 12 heteroatoms. The van der Waals surface area contributed by atoms with Gasteiger partial charge in [-0.15, -0.1) is 5.10 Å². The maximum atomic E-state index is 13.6. The number of amides is 1. The summed E-state index contributed by atoms with van der Waals surface area (Å²) in [4.78, 5) is 20.6. The zero-order valence-electron chi connectivity index (χ0n) is 16.1. The lowest BCUT2D eigenvalue weighted by Gasteiger charge is -2.10. The Morgan fingerprint density at radius 3 is 2.58 bits per heavy atom. The fourth-order valence-electron chi connectivity index (χ4n) is 2.81. The number of alkyl halides is 3. The van der Waals surface area contributed by atoms with Crippen LogP contribution in [-0.4, -0.2) is 39.7 Å². The van der Waals surface area contributed by atoms with Gasteiger partial charge >= 0.3 is 6.18 Å². The van der Waals surface area contributed by atoms with Crippen LogP contribution in [0.25, 0.3) is 17.2 Å². The first-order chi connectivity index (χ1) is 14.8. The highest BCUT2D eigenvalue weighted by atomic mass is 19.4. The molecule has 1 N–H and O–H groups in total. The quantitative estimate of drug-likeness (QED) is 0.512. The van der Waals surface area contributed by atoms with E-state index in [4.69, 9.17) is 13.9 Å². The lowest BCUT2D eigenvalue weighted by molar-refractivity contribution is -0.142. The average Bonchev–Trinajstić information content (AvgIpc) is 3.42.